The van der Waals surface area contributed by atoms with Gasteiger partial charge >= 0.3 is 5.97 Å². The van der Waals surface area contributed by atoms with Gasteiger partial charge in [0.05, 0.1) is 20.8 Å². The van der Waals surface area contributed by atoms with E-state index in [2.05, 4.69) is 4.72 Å². The first-order valence-corrected chi connectivity index (χ1v) is 10.2. The molecule has 0 bridgehead atoms. The first kappa shape index (κ1) is 21.8. The van der Waals surface area contributed by atoms with Crippen LogP contribution >= 0.6 is 0 Å². The summed E-state index contributed by atoms with van der Waals surface area (Å²) in [5, 5.41) is 0. The van der Waals surface area contributed by atoms with Gasteiger partial charge in [0.2, 0.25) is 10.0 Å². The SMILES string of the molecule is CCOC(=O)c1c(S(=O)(=O)NCc2cc(OC)ccc2OC)c(C)n(C)c1C. The molecular weight excluding hydrogens is 384 g/mol. The Bertz CT molecular complexity index is 979. The fraction of sp³-hybridized carbons (Fsp3) is 0.421. The van der Waals surface area contributed by atoms with Gasteiger partial charge in [-0.15, -0.1) is 0 Å². The lowest BCUT2D eigenvalue weighted by atomic mass is 10.2. The van der Waals surface area contributed by atoms with Crippen LogP contribution < -0.4 is 14.2 Å². The molecule has 0 atom stereocenters. The van der Waals surface area contributed by atoms with Gasteiger partial charge in [0.25, 0.3) is 0 Å². The van der Waals surface area contributed by atoms with Crippen LogP contribution in [0, 0.1) is 13.8 Å². The molecule has 1 N–H and O–H groups in total. The molecule has 9 heteroatoms. The van der Waals surface area contributed by atoms with Gasteiger partial charge in [-0.25, -0.2) is 17.9 Å². The van der Waals surface area contributed by atoms with Gasteiger partial charge in [-0.2, -0.15) is 0 Å². The van der Waals surface area contributed by atoms with Gasteiger partial charge in [-0.3, -0.25) is 0 Å². The molecule has 8 nitrogen and oxygen atoms in total. The van der Waals surface area contributed by atoms with Gasteiger partial charge in [-0.05, 0) is 39.0 Å². The third-order valence-electron chi connectivity index (χ3n) is 4.61. The van der Waals surface area contributed by atoms with Crippen molar-refractivity contribution in [1.82, 2.24) is 9.29 Å². The number of hydrogen-bond donors (Lipinski definition) is 1. The van der Waals surface area contributed by atoms with Crippen molar-refractivity contribution >= 4 is 16.0 Å². The van der Waals surface area contributed by atoms with Crippen LogP contribution in [-0.2, 0) is 28.4 Å². The van der Waals surface area contributed by atoms with Crippen LogP contribution in [0.15, 0.2) is 23.1 Å². The number of hydrogen-bond acceptors (Lipinski definition) is 6. The van der Waals surface area contributed by atoms with Crippen LogP contribution in [0.5, 0.6) is 11.5 Å². The molecule has 0 unspecified atom stereocenters. The average Bonchev–Trinajstić information content (AvgIpc) is 2.91. The number of nitrogens with zero attached hydrogens (tertiary/aromatic N) is 1. The van der Waals surface area contributed by atoms with Crippen molar-refractivity contribution in [2.24, 2.45) is 7.05 Å². The number of carbonyl (C=O) groups excluding carboxylic acids is 1. The lowest BCUT2D eigenvalue weighted by molar-refractivity contribution is 0.0521. The Kier molecular flexibility index (Phi) is 6.73. The zero-order chi connectivity index (χ0) is 21.1. The fourth-order valence-corrected chi connectivity index (χ4v) is 4.47. The quantitative estimate of drug-likeness (QED) is 0.671. The summed E-state index contributed by atoms with van der Waals surface area (Å²) in [4.78, 5) is 12.3. The van der Waals surface area contributed by atoms with E-state index < -0.39 is 16.0 Å². The molecule has 0 aliphatic rings. The van der Waals surface area contributed by atoms with Gasteiger partial charge in [0, 0.05) is 30.5 Å². The minimum absolute atomic E-state index is 0.0294. The van der Waals surface area contributed by atoms with Crippen LogP contribution in [0.3, 0.4) is 0 Å². The minimum atomic E-state index is -4.00. The molecule has 28 heavy (non-hydrogen) atoms. The molecule has 1 heterocycles. The summed E-state index contributed by atoms with van der Waals surface area (Å²) < 4.78 is 45.9. The zero-order valence-corrected chi connectivity index (χ0v) is 17.8. The van der Waals surface area contributed by atoms with E-state index in [0.717, 1.165) is 0 Å². The van der Waals surface area contributed by atoms with E-state index >= 15 is 0 Å². The molecule has 0 aliphatic carbocycles. The van der Waals surface area contributed by atoms with Crippen molar-refractivity contribution in [3.63, 3.8) is 0 Å². The number of nitrogens with one attached hydrogen (secondary N) is 1. The molecule has 2 aromatic rings. The maximum atomic E-state index is 13.1. The standard InChI is InChI=1S/C19H26N2O6S/c1-7-27-19(22)17-12(2)21(4)13(3)18(17)28(23,24)20-11-14-10-15(25-5)8-9-16(14)26-6/h8-10,20H,7,11H2,1-6H3. The van der Waals surface area contributed by atoms with Gasteiger partial charge in [-0.1, -0.05) is 0 Å². The largest absolute Gasteiger partial charge is 0.497 e. The lowest BCUT2D eigenvalue weighted by Crippen LogP contribution is -2.26. The number of esters is 1. The molecule has 0 amide bonds. The maximum absolute atomic E-state index is 13.1. The van der Waals surface area contributed by atoms with Crippen molar-refractivity contribution in [2.45, 2.75) is 32.2 Å². The second-order valence-corrected chi connectivity index (χ2v) is 7.86. The first-order chi connectivity index (χ1) is 13.2. The molecule has 1 aromatic heterocycles. The van der Waals surface area contributed by atoms with Crippen LogP contribution in [0.25, 0.3) is 0 Å². The summed E-state index contributed by atoms with van der Waals surface area (Å²) in [6, 6.07) is 5.11. The van der Waals surface area contributed by atoms with Crippen molar-refractivity contribution < 1.29 is 27.4 Å². The number of rotatable bonds is 8. The highest BCUT2D eigenvalue weighted by molar-refractivity contribution is 7.89. The summed E-state index contributed by atoms with van der Waals surface area (Å²) in [5.74, 6) is 0.437. The van der Waals surface area contributed by atoms with E-state index in [-0.39, 0.29) is 23.6 Å². The number of ether oxygens (including phenoxy) is 3. The van der Waals surface area contributed by atoms with Crippen molar-refractivity contribution in [3.05, 3.63) is 40.7 Å². The number of benzene rings is 1. The van der Waals surface area contributed by atoms with E-state index in [0.29, 0.717) is 28.5 Å². The summed E-state index contributed by atoms with van der Waals surface area (Å²) in [6.45, 7) is 5.13. The Hall–Kier alpha value is -2.52. The Morgan fingerprint density at radius 3 is 2.39 bits per heavy atom. The lowest BCUT2D eigenvalue weighted by Gasteiger charge is -2.13. The monoisotopic (exact) mass is 410 g/mol. The fourth-order valence-electron chi connectivity index (χ4n) is 2.95. The highest BCUT2D eigenvalue weighted by Crippen LogP contribution is 2.28. The Balaban J connectivity index is 2.44. The Morgan fingerprint density at radius 2 is 1.82 bits per heavy atom. The van der Waals surface area contributed by atoms with Crippen LogP contribution in [0.4, 0.5) is 0 Å². The molecule has 0 saturated heterocycles. The summed E-state index contributed by atoms with van der Waals surface area (Å²) in [5.41, 5.74) is 1.63. The van der Waals surface area contributed by atoms with Crippen molar-refractivity contribution in [3.8, 4) is 11.5 Å². The molecular formula is C19H26N2O6S. The molecule has 0 spiro atoms. The van der Waals surface area contributed by atoms with E-state index in [9.17, 15) is 13.2 Å². The molecule has 0 saturated carbocycles. The third kappa shape index (κ3) is 4.15. The van der Waals surface area contributed by atoms with Crippen molar-refractivity contribution in [1.29, 1.82) is 0 Å². The van der Waals surface area contributed by atoms with Gasteiger partial charge < -0.3 is 18.8 Å². The minimum Gasteiger partial charge on any atom is -0.497 e. The average molecular weight is 410 g/mol. The normalized spacial score (nSPS) is 11.4. The van der Waals surface area contributed by atoms with E-state index in [4.69, 9.17) is 14.2 Å². The second kappa shape index (κ2) is 8.66. The number of aromatic nitrogens is 1. The molecule has 2 rings (SSSR count). The van der Waals surface area contributed by atoms with Crippen LogP contribution in [0.1, 0.15) is 34.2 Å². The molecule has 0 aliphatic heterocycles. The zero-order valence-electron chi connectivity index (χ0n) is 17.0. The topological polar surface area (TPSA) is 95.9 Å². The second-order valence-electron chi connectivity index (χ2n) is 6.16. The molecule has 0 radical (unpaired) electrons. The highest BCUT2D eigenvalue weighted by atomic mass is 32.2. The summed E-state index contributed by atoms with van der Waals surface area (Å²) >= 11 is 0. The first-order valence-electron chi connectivity index (χ1n) is 8.71. The Labute approximate surface area is 165 Å². The maximum Gasteiger partial charge on any atom is 0.341 e. The van der Waals surface area contributed by atoms with Crippen LogP contribution in [0.2, 0.25) is 0 Å². The molecule has 0 fully saturated rings. The predicted molar refractivity (Wildman–Crippen MR) is 104 cm³/mol. The van der Waals surface area contributed by atoms with Crippen LogP contribution in [-0.4, -0.2) is 39.8 Å². The van der Waals surface area contributed by atoms with Crippen molar-refractivity contribution in [2.75, 3.05) is 20.8 Å². The number of carbonyl (C=O) groups is 1. The molecule has 1 aromatic carbocycles. The predicted octanol–water partition coefficient (Wildman–Crippen LogP) is 2.31. The molecule has 154 valence electrons. The van der Waals surface area contributed by atoms with Gasteiger partial charge in [0.15, 0.2) is 0 Å². The third-order valence-corrected chi connectivity index (χ3v) is 6.17. The van der Waals surface area contributed by atoms with Gasteiger partial charge in [0.1, 0.15) is 22.0 Å². The Morgan fingerprint density at radius 1 is 1.14 bits per heavy atom. The highest BCUT2D eigenvalue weighted by Gasteiger charge is 2.31. The number of methoxy groups -OCH3 is 2. The summed E-state index contributed by atoms with van der Waals surface area (Å²) in [6.07, 6.45) is 0. The number of sulfonamides is 1. The smallest absolute Gasteiger partial charge is 0.341 e. The van der Waals surface area contributed by atoms with E-state index in [1.165, 1.54) is 14.2 Å². The van der Waals surface area contributed by atoms with E-state index in [1.807, 2.05) is 0 Å². The summed E-state index contributed by atoms with van der Waals surface area (Å²) in [7, 11) is 0.737. The van der Waals surface area contributed by atoms with E-state index in [1.54, 1.807) is 50.6 Å².